The summed E-state index contributed by atoms with van der Waals surface area (Å²) in [6, 6.07) is 4.43. The number of nitrogens with zero attached hydrogens (tertiary/aromatic N) is 2. The molecule has 0 unspecified atom stereocenters. The molecule has 4 amide bonds. The van der Waals surface area contributed by atoms with Crippen molar-refractivity contribution in [3.05, 3.63) is 28.8 Å². The molecule has 2 rings (SSSR count). The summed E-state index contributed by atoms with van der Waals surface area (Å²) in [7, 11) is 1.45. The molecule has 0 aliphatic carbocycles. The Bertz CT molecular complexity index is 706. The van der Waals surface area contributed by atoms with E-state index in [0.717, 1.165) is 10.5 Å². The molecule has 1 aliphatic rings. The van der Waals surface area contributed by atoms with Gasteiger partial charge < -0.3 is 15.0 Å². The lowest BCUT2D eigenvalue weighted by Gasteiger charge is -2.13. The van der Waals surface area contributed by atoms with Crippen LogP contribution in [0.5, 0.6) is 0 Å². The molecule has 1 aliphatic heterocycles. The number of hydrogen-bond donors (Lipinski definition) is 1. The highest BCUT2D eigenvalue weighted by molar-refractivity contribution is 6.31. The third-order valence-corrected chi connectivity index (χ3v) is 3.59. The number of aryl methyl sites for hydroxylation is 1. The Labute approximate surface area is 143 Å². The Hall–Kier alpha value is -2.61. The molecule has 0 saturated carbocycles. The quantitative estimate of drug-likeness (QED) is 0.630. The van der Waals surface area contributed by atoms with E-state index in [0.29, 0.717) is 10.7 Å². The number of hydrogen-bond acceptors (Lipinski definition) is 5. The Morgan fingerprint density at radius 1 is 1.33 bits per heavy atom. The summed E-state index contributed by atoms with van der Waals surface area (Å²) in [5.41, 5.74) is 1.31. The molecular weight excluding hydrogens is 338 g/mol. The number of carbonyl (C=O) groups excluding carboxylic acids is 4. The van der Waals surface area contributed by atoms with Gasteiger partial charge in [-0.3, -0.25) is 19.3 Å². The third-order valence-electron chi connectivity index (χ3n) is 3.36. The second kappa shape index (κ2) is 7.31. The van der Waals surface area contributed by atoms with Crippen LogP contribution in [-0.4, -0.2) is 60.4 Å². The van der Waals surface area contributed by atoms with Crippen LogP contribution in [0.2, 0.25) is 5.02 Å². The van der Waals surface area contributed by atoms with Gasteiger partial charge in [0, 0.05) is 17.8 Å². The highest BCUT2D eigenvalue weighted by atomic mass is 35.5. The normalized spacial score (nSPS) is 14.1. The predicted molar refractivity (Wildman–Crippen MR) is 85.5 cm³/mol. The zero-order valence-corrected chi connectivity index (χ0v) is 13.9. The summed E-state index contributed by atoms with van der Waals surface area (Å²) in [6.45, 7) is 0.655. The van der Waals surface area contributed by atoms with E-state index >= 15 is 0 Å². The van der Waals surface area contributed by atoms with Crippen molar-refractivity contribution in [2.24, 2.45) is 0 Å². The molecule has 1 heterocycles. The van der Waals surface area contributed by atoms with Crippen molar-refractivity contribution in [1.29, 1.82) is 0 Å². The predicted octanol–water partition coefficient (Wildman–Crippen LogP) is 1.02. The maximum absolute atomic E-state index is 11.8. The van der Waals surface area contributed by atoms with Gasteiger partial charge in [-0.25, -0.2) is 4.79 Å². The number of likely N-dealkylation sites (N-methyl/N-ethyl adjacent to an activating group) is 1. The van der Waals surface area contributed by atoms with E-state index in [1.54, 1.807) is 25.1 Å². The van der Waals surface area contributed by atoms with E-state index in [2.05, 4.69) is 5.32 Å². The minimum absolute atomic E-state index is 0.0827. The molecule has 1 aromatic carbocycles. The van der Waals surface area contributed by atoms with Crippen molar-refractivity contribution in [2.45, 2.75) is 6.92 Å². The average molecular weight is 354 g/mol. The zero-order chi connectivity index (χ0) is 17.9. The maximum Gasteiger partial charge on any atom is 0.327 e. The fourth-order valence-corrected chi connectivity index (χ4v) is 2.23. The van der Waals surface area contributed by atoms with Crippen LogP contribution in [0.15, 0.2) is 18.2 Å². The van der Waals surface area contributed by atoms with Crippen LogP contribution in [-0.2, 0) is 19.1 Å². The molecule has 128 valence electrons. The molecule has 1 aromatic rings. The van der Waals surface area contributed by atoms with Crippen LogP contribution in [0.4, 0.5) is 10.5 Å². The Balaban J connectivity index is 1.83. The number of ether oxygens (including phenoxy) is 1. The van der Waals surface area contributed by atoms with Gasteiger partial charge in [0.1, 0.15) is 13.1 Å². The van der Waals surface area contributed by atoms with Crippen molar-refractivity contribution in [1.82, 2.24) is 9.80 Å². The number of carbonyl (C=O) groups is 4. The first-order valence-corrected chi connectivity index (χ1v) is 7.43. The largest absolute Gasteiger partial charge is 0.454 e. The highest BCUT2D eigenvalue weighted by Crippen LogP contribution is 2.20. The van der Waals surface area contributed by atoms with Crippen LogP contribution < -0.4 is 5.32 Å². The molecular formula is C15H16ClN3O5. The number of anilines is 1. The Morgan fingerprint density at radius 2 is 2.04 bits per heavy atom. The van der Waals surface area contributed by atoms with Gasteiger partial charge in [-0.05, 0) is 24.6 Å². The molecule has 1 N–H and O–H groups in total. The van der Waals surface area contributed by atoms with Gasteiger partial charge in [0.25, 0.3) is 11.8 Å². The third kappa shape index (κ3) is 4.23. The van der Waals surface area contributed by atoms with Crippen molar-refractivity contribution >= 4 is 41.1 Å². The first kappa shape index (κ1) is 17.7. The standard InChI is InChI=1S/C15H16ClN3O5/c1-9-3-4-10(16)5-11(9)17-12(20)8-24-14(22)7-19-13(21)6-18(2)15(19)23/h3-5H,6-8H2,1-2H3,(H,17,20). The van der Waals surface area contributed by atoms with E-state index in [1.807, 2.05) is 0 Å². The van der Waals surface area contributed by atoms with Crippen LogP contribution in [0, 0.1) is 6.92 Å². The van der Waals surface area contributed by atoms with E-state index < -0.39 is 37.0 Å². The zero-order valence-electron chi connectivity index (χ0n) is 13.2. The van der Waals surface area contributed by atoms with E-state index in [9.17, 15) is 19.2 Å². The summed E-state index contributed by atoms with van der Waals surface area (Å²) in [5, 5.41) is 3.03. The Kier molecular flexibility index (Phi) is 5.40. The second-order valence-electron chi connectivity index (χ2n) is 5.29. The van der Waals surface area contributed by atoms with Gasteiger partial charge in [-0.1, -0.05) is 17.7 Å². The van der Waals surface area contributed by atoms with Crippen molar-refractivity contribution < 1.29 is 23.9 Å². The second-order valence-corrected chi connectivity index (χ2v) is 5.72. The lowest BCUT2D eigenvalue weighted by atomic mass is 10.2. The lowest BCUT2D eigenvalue weighted by molar-refractivity contribution is -0.149. The molecule has 24 heavy (non-hydrogen) atoms. The molecule has 0 atom stereocenters. The first-order chi connectivity index (χ1) is 11.3. The Morgan fingerprint density at radius 3 is 2.67 bits per heavy atom. The molecule has 1 fully saturated rings. The number of esters is 1. The molecule has 8 nitrogen and oxygen atoms in total. The fraction of sp³-hybridized carbons (Fsp3) is 0.333. The summed E-state index contributed by atoms with van der Waals surface area (Å²) in [6.07, 6.45) is 0. The minimum atomic E-state index is -0.843. The molecule has 0 spiro atoms. The number of amides is 4. The number of halogens is 1. The lowest BCUT2D eigenvalue weighted by Crippen LogP contribution is -2.37. The number of imide groups is 1. The SMILES string of the molecule is Cc1ccc(Cl)cc1NC(=O)COC(=O)CN1C(=O)CN(C)C1=O. The van der Waals surface area contributed by atoms with E-state index in [4.69, 9.17) is 16.3 Å². The summed E-state index contributed by atoms with van der Waals surface area (Å²) < 4.78 is 4.79. The minimum Gasteiger partial charge on any atom is -0.454 e. The maximum atomic E-state index is 11.8. The molecule has 0 aromatic heterocycles. The molecule has 0 radical (unpaired) electrons. The number of urea groups is 1. The average Bonchev–Trinajstić information content (AvgIpc) is 2.75. The fourth-order valence-electron chi connectivity index (χ4n) is 2.06. The number of benzene rings is 1. The summed E-state index contributed by atoms with van der Waals surface area (Å²) in [5.74, 6) is -1.88. The van der Waals surface area contributed by atoms with Crippen LogP contribution in [0.3, 0.4) is 0 Å². The van der Waals surface area contributed by atoms with Crippen LogP contribution in [0.25, 0.3) is 0 Å². The smallest absolute Gasteiger partial charge is 0.327 e. The van der Waals surface area contributed by atoms with Gasteiger partial charge >= 0.3 is 12.0 Å². The van der Waals surface area contributed by atoms with E-state index in [1.165, 1.54) is 11.9 Å². The topological polar surface area (TPSA) is 96.0 Å². The van der Waals surface area contributed by atoms with Crippen molar-refractivity contribution in [3.63, 3.8) is 0 Å². The molecule has 1 saturated heterocycles. The van der Waals surface area contributed by atoms with Crippen LogP contribution >= 0.6 is 11.6 Å². The van der Waals surface area contributed by atoms with Gasteiger partial charge in [-0.15, -0.1) is 0 Å². The summed E-state index contributed by atoms with van der Waals surface area (Å²) in [4.78, 5) is 48.6. The highest BCUT2D eigenvalue weighted by Gasteiger charge is 2.35. The van der Waals surface area contributed by atoms with Crippen molar-refractivity contribution in [3.8, 4) is 0 Å². The van der Waals surface area contributed by atoms with E-state index in [-0.39, 0.29) is 6.54 Å². The first-order valence-electron chi connectivity index (χ1n) is 7.05. The molecule has 0 bridgehead atoms. The summed E-state index contributed by atoms with van der Waals surface area (Å²) >= 11 is 5.85. The van der Waals surface area contributed by atoms with Gasteiger partial charge in [-0.2, -0.15) is 0 Å². The van der Waals surface area contributed by atoms with Gasteiger partial charge in [0.2, 0.25) is 0 Å². The van der Waals surface area contributed by atoms with Crippen LogP contribution in [0.1, 0.15) is 5.56 Å². The molecule has 9 heteroatoms. The van der Waals surface area contributed by atoms with Crippen molar-refractivity contribution in [2.75, 3.05) is 32.1 Å². The number of rotatable bonds is 5. The monoisotopic (exact) mass is 353 g/mol. The van der Waals surface area contributed by atoms with Gasteiger partial charge in [0.05, 0.1) is 0 Å². The van der Waals surface area contributed by atoms with Gasteiger partial charge in [0.15, 0.2) is 6.61 Å². The number of nitrogens with one attached hydrogen (secondary N) is 1.